The highest BCUT2D eigenvalue weighted by atomic mass is 16.5. The van der Waals surface area contributed by atoms with Gasteiger partial charge in [0.25, 0.3) is 0 Å². The lowest BCUT2D eigenvalue weighted by molar-refractivity contribution is 0.292. The van der Waals surface area contributed by atoms with Crippen LogP contribution in [-0.2, 0) is 6.42 Å². The molecule has 6 heteroatoms. The minimum atomic E-state index is 0.542. The fourth-order valence-electron chi connectivity index (χ4n) is 3.26. The summed E-state index contributed by atoms with van der Waals surface area (Å²) in [5, 5.41) is 5.63. The van der Waals surface area contributed by atoms with Crippen LogP contribution in [0.4, 0.5) is 0 Å². The first-order chi connectivity index (χ1) is 14.2. The summed E-state index contributed by atoms with van der Waals surface area (Å²) in [6.45, 7) is 0.542. The Morgan fingerprint density at radius 2 is 1.69 bits per heavy atom. The summed E-state index contributed by atoms with van der Waals surface area (Å²) in [7, 11) is 4.95. The van der Waals surface area contributed by atoms with Crippen LogP contribution >= 0.6 is 0 Å². The number of ether oxygens (including phenoxy) is 4. The molecule has 152 valence electrons. The maximum Gasteiger partial charge on any atom is 0.168 e. The molecule has 3 rings (SSSR count). The summed E-state index contributed by atoms with van der Waals surface area (Å²) in [6, 6.07) is 15.8. The van der Waals surface area contributed by atoms with Crippen LogP contribution in [0.5, 0.6) is 23.0 Å². The van der Waals surface area contributed by atoms with Gasteiger partial charge in [-0.05, 0) is 47.6 Å². The van der Waals surface area contributed by atoms with Gasteiger partial charge in [0.1, 0.15) is 11.5 Å². The molecule has 29 heavy (non-hydrogen) atoms. The minimum Gasteiger partial charge on any atom is -0.497 e. The zero-order chi connectivity index (χ0) is 20.6. The second kappa shape index (κ2) is 9.68. The van der Waals surface area contributed by atoms with E-state index in [-0.39, 0.29) is 0 Å². The van der Waals surface area contributed by atoms with Crippen molar-refractivity contribution in [1.82, 2.24) is 0 Å². The van der Waals surface area contributed by atoms with Crippen molar-refractivity contribution in [2.75, 3.05) is 27.9 Å². The van der Waals surface area contributed by atoms with Gasteiger partial charge >= 0.3 is 0 Å². The molecule has 3 aromatic carbocycles. The summed E-state index contributed by atoms with van der Waals surface area (Å²) < 4.78 is 22.4. The Balaban J connectivity index is 1.75. The highest BCUT2D eigenvalue weighted by Crippen LogP contribution is 2.36. The first-order valence-electron chi connectivity index (χ1n) is 9.38. The summed E-state index contributed by atoms with van der Waals surface area (Å²) in [6.07, 6.45) is 3.26. The Bertz CT molecular complexity index is 1000. The number of hydrogen-bond donors (Lipinski definition) is 1. The molecule has 0 amide bonds. The third kappa shape index (κ3) is 4.71. The number of methoxy groups -OCH3 is 3. The number of hydrazone groups is 1. The molecule has 0 bridgehead atoms. The number of nitrogens with two attached hydrogens (primary N) is 1. The van der Waals surface area contributed by atoms with E-state index in [2.05, 4.69) is 5.10 Å². The third-order valence-corrected chi connectivity index (χ3v) is 4.73. The van der Waals surface area contributed by atoms with Crippen molar-refractivity contribution in [2.45, 2.75) is 12.8 Å². The Hall–Kier alpha value is -3.41. The molecule has 0 unspecified atom stereocenters. The number of nitrogens with zero attached hydrogens (tertiary/aromatic N) is 1. The standard InChI is InChI=1S/C23H26N2O4/c1-26-19-10-8-18(22(14-19)28-3)5-4-12-29-23-20-13-16(15-25-24)6-7-17(20)9-11-21(23)27-2/h6-11,13-15H,4-5,12,24H2,1-3H3/b25-15+. The molecule has 0 aliphatic carbocycles. The van der Waals surface area contributed by atoms with Crippen molar-refractivity contribution in [2.24, 2.45) is 10.9 Å². The SMILES string of the molecule is COc1ccc(CCCOc2c(OC)ccc3ccc(/C=N/N)cc23)c(OC)c1. The smallest absolute Gasteiger partial charge is 0.168 e. The van der Waals surface area contributed by atoms with Gasteiger partial charge in [0.2, 0.25) is 0 Å². The second-order valence-electron chi connectivity index (χ2n) is 6.49. The van der Waals surface area contributed by atoms with Crippen LogP contribution in [0.1, 0.15) is 17.5 Å². The van der Waals surface area contributed by atoms with Crippen LogP contribution in [0.3, 0.4) is 0 Å². The Kier molecular flexibility index (Phi) is 6.79. The average Bonchev–Trinajstić information content (AvgIpc) is 2.76. The van der Waals surface area contributed by atoms with E-state index in [1.54, 1.807) is 27.5 Å². The van der Waals surface area contributed by atoms with Gasteiger partial charge in [-0.2, -0.15) is 5.10 Å². The van der Waals surface area contributed by atoms with E-state index in [1.165, 1.54) is 0 Å². The Morgan fingerprint density at radius 3 is 2.41 bits per heavy atom. The van der Waals surface area contributed by atoms with Crippen molar-refractivity contribution < 1.29 is 18.9 Å². The van der Waals surface area contributed by atoms with Crippen LogP contribution in [0.2, 0.25) is 0 Å². The molecule has 0 heterocycles. The van der Waals surface area contributed by atoms with Gasteiger partial charge in [-0.1, -0.05) is 24.3 Å². The monoisotopic (exact) mass is 394 g/mol. The molecule has 0 radical (unpaired) electrons. The first kappa shape index (κ1) is 20.3. The molecule has 6 nitrogen and oxygen atoms in total. The van der Waals surface area contributed by atoms with Gasteiger partial charge in [0, 0.05) is 11.5 Å². The second-order valence-corrected chi connectivity index (χ2v) is 6.49. The van der Waals surface area contributed by atoms with Crippen molar-refractivity contribution in [3.63, 3.8) is 0 Å². The van der Waals surface area contributed by atoms with Crippen LogP contribution in [-0.4, -0.2) is 34.2 Å². The van der Waals surface area contributed by atoms with Crippen molar-refractivity contribution in [3.8, 4) is 23.0 Å². The molecule has 0 saturated heterocycles. The average molecular weight is 394 g/mol. The molecule has 2 N–H and O–H groups in total. The quantitative estimate of drug-likeness (QED) is 0.255. The zero-order valence-corrected chi connectivity index (χ0v) is 17.0. The van der Waals surface area contributed by atoms with Gasteiger partial charge in [0.15, 0.2) is 11.5 Å². The Morgan fingerprint density at radius 1 is 0.897 bits per heavy atom. The van der Waals surface area contributed by atoms with Gasteiger partial charge in [-0.3, -0.25) is 0 Å². The first-order valence-corrected chi connectivity index (χ1v) is 9.38. The summed E-state index contributed by atoms with van der Waals surface area (Å²) in [4.78, 5) is 0. The number of fused-ring (bicyclic) bond motifs is 1. The molecule has 0 aliphatic rings. The van der Waals surface area contributed by atoms with Gasteiger partial charge < -0.3 is 24.8 Å². The van der Waals surface area contributed by atoms with E-state index in [4.69, 9.17) is 24.8 Å². The lowest BCUT2D eigenvalue weighted by Crippen LogP contribution is -2.03. The highest BCUT2D eigenvalue weighted by molar-refractivity contribution is 5.95. The van der Waals surface area contributed by atoms with Crippen molar-refractivity contribution in [1.29, 1.82) is 0 Å². The predicted octanol–water partition coefficient (Wildman–Crippen LogP) is 4.17. The van der Waals surface area contributed by atoms with Crippen molar-refractivity contribution >= 4 is 17.0 Å². The normalized spacial score (nSPS) is 11.0. The summed E-state index contributed by atoms with van der Waals surface area (Å²) in [5.41, 5.74) is 2.02. The van der Waals surface area contributed by atoms with Crippen LogP contribution in [0, 0.1) is 0 Å². The summed E-state index contributed by atoms with van der Waals surface area (Å²) >= 11 is 0. The topological polar surface area (TPSA) is 75.3 Å². The fraction of sp³-hybridized carbons (Fsp3) is 0.261. The zero-order valence-electron chi connectivity index (χ0n) is 17.0. The molecule has 0 saturated carbocycles. The largest absolute Gasteiger partial charge is 0.497 e. The fourth-order valence-corrected chi connectivity index (χ4v) is 3.26. The van der Waals surface area contributed by atoms with Crippen LogP contribution in [0.15, 0.2) is 53.6 Å². The molecule has 3 aromatic rings. The lowest BCUT2D eigenvalue weighted by Gasteiger charge is -2.15. The summed E-state index contributed by atoms with van der Waals surface area (Å²) in [5.74, 6) is 8.30. The minimum absolute atomic E-state index is 0.542. The number of hydrogen-bond acceptors (Lipinski definition) is 6. The van der Waals surface area contributed by atoms with E-state index < -0.39 is 0 Å². The Labute approximate surface area is 170 Å². The van der Waals surface area contributed by atoms with E-state index in [0.29, 0.717) is 12.4 Å². The van der Waals surface area contributed by atoms with E-state index in [0.717, 1.165) is 52.0 Å². The molecule has 0 fully saturated rings. The number of aryl methyl sites for hydroxylation is 1. The molecule has 0 atom stereocenters. The van der Waals surface area contributed by atoms with Gasteiger partial charge in [0.05, 0.1) is 34.2 Å². The van der Waals surface area contributed by atoms with E-state index >= 15 is 0 Å². The molecular weight excluding hydrogens is 368 g/mol. The van der Waals surface area contributed by atoms with E-state index in [9.17, 15) is 0 Å². The molecule has 0 spiro atoms. The van der Waals surface area contributed by atoms with Crippen LogP contribution in [0.25, 0.3) is 10.8 Å². The van der Waals surface area contributed by atoms with Gasteiger partial charge in [-0.25, -0.2) is 0 Å². The maximum atomic E-state index is 6.15. The molecular formula is C23H26N2O4. The van der Waals surface area contributed by atoms with E-state index in [1.807, 2.05) is 48.5 Å². The molecule has 0 aliphatic heterocycles. The third-order valence-electron chi connectivity index (χ3n) is 4.73. The van der Waals surface area contributed by atoms with Crippen molar-refractivity contribution in [3.05, 3.63) is 59.7 Å². The molecule has 0 aromatic heterocycles. The van der Waals surface area contributed by atoms with Crippen LogP contribution < -0.4 is 24.8 Å². The number of benzene rings is 3. The lowest BCUT2D eigenvalue weighted by atomic mass is 10.1. The van der Waals surface area contributed by atoms with Gasteiger partial charge in [-0.15, -0.1) is 0 Å². The maximum absolute atomic E-state index is 6.15. The highest BCUT2D eigenvalue weighted by Gasteiger charge is 2.11. The predicted molar refractivity (Wildman–Crippen MR) is 116 cm³/mol. The number of rotatable bonds is 9.